The van der Waals surface area contributed by atoms with Gasteiger partial charge in [-0.2, -0.15) is 13.2 Å². The second kappa shape index (κ2) is 18.1. The van der Waals surface area contributed by atoms with E-state index in [0.717, 1.165) is 91.3 Å². The molecule has 14 nitrogen and oxygen atoms in total. The van der Waals surface area contributed by atoms with Gasteiger partial charge in [-0.25, -0.2) is 14.8 Å². The Hall–Kier alpha value is -5.46. The number of aromatic nitrogens is 2. The smallest absolute Gasteiger partial charge is 0.433 e. The maximum Gasteiger partial charge on any atom is 0.433 e. The molecule has 4 amide bonds. The molecule has 330 valence electrons. The van der Waals surface area contributed by atoms with E-state index in [0.29, 0.717) is 35.1 Å². The normalized spacial score (nSPS) is 19.4. The number of imide groups is 1. The van der Waals surface area contributed by atoms with Crippen LogP contribution in [-0.2, 0) is 21.4 Å². The third-order valence-electron chi connectivity index (χ3n) is 12.2. The quantitative estimate of drug-likeness (QED) is 0.0769. The molecule has 2 fully saturated rings. The third kappa shape index (κ3) is 9.92. The van der Waals surface area contributed by atoms with Crippen LogP contribution in [0.4, 0.5) is 24.5 Å². The summed E-state index contributed by atoms with van der Waals surface area (Å²) in [7, 11) is 0. The summed E-state index contributed by atoms with van der Waals surface area (Å²) in [5.74, 6) is -3.03. The number of carboxylic acid groups (broad SMARTS) is 1. The summed E-state index contributed by atoms with van der Waals surface area (Å²) < 4.78 is 40.6. The predicted octanol–water partition coefficient (Wildman–Crippen LogP) is 6.99. The van der Waals surface area contributed by atoms with E-state index < -0.39 is 58.8 Å². The Morgan fingerprint density at radius 2 is 1.65 bits per heavy atom. The number of carbonyl (C=O) groups is 5. The summed E-state index contributed by atoms with van der Waals surface area (Å²) in [6.07, 6.45) is 1.78. The van der Waals surface area contributed by atoms with Gasteiger partial charge in [0.05, 0.1) is 32.0 Å². The minimum atomic E-state index is -4.70. The number of benzene rings is 2. The van der Waals surface area contributed by atoms with Crippen LogP contribution in [0.5, 0.6) is 0 Å². The van der Waals surface area contributed by atoms with Crippen molar-refractivity contribution in [3.05, 3.63) is 81.6 Å². The van der Waals surface area contributed by atoms with E-state index in [2.05, 4.69) is 20.5 Å². The first-order valence-corrected chi connectivity index (χ1v) is 21.7. The fourth-order valence-electron chi connectivity index (χ4n) is 8.88. The number of aliphatic hydroxyl groups is 1. The van der Waals surface area contributed by atoms with Crippen molar-refractivity contribution in [2.24, 2.45) is 17.6 Å². The molecule has 0 radical (unpaired) electrons. The molecule has 2 aliphatic heterocycles. The third-order valence-corrected chi connectivity index (χ3v) is 13.4. The Morgan fingerprint density at radius 3 is 2.31 bits per heavy atom. The zero-order chi connectivity index (χ0) is 44.5. The molecule has 0 spiro atoms. The highest BCUT2D eigenvalue weighted by Gasteiger charge is 2.44. The van der Waals surface area contributed by atoms with Crippen molar-refractivity contribution in [2.75, 3.05) is 36.8 Å². The number of piperidine rings is 1. The molecule has 18 heteroatoms. The van der Waals surface area contributed by atoms with Gasteiger partial charge in [-0.3, -0.25) is 24.1 Å². The number of nitrogens with two attached hydrogens (primary N) is 1. The van der Waals surface area contributed by atoms with E-state index in [9.17, 15) is 47.4 Å². The second-order valence-electron chi connectivity index (χ2n) is 17.1. The predicted molar refractivity (Wildman–Crippen MR) is 226 cm³/mol. The number of amides is 4. The van der Waals surface area contributed by atoms with Crippen LogP contribution in [0.1, 0.15) is 125 Å². The summed E-state index contributed by atoms with van der Waals surface area (Å²) >= 11 is 1.53. The molecule has 7 rings (SSSR count). The highest BCUT2D eigenvalue weighted by atomic mass is 32.1. The van der Waals surface area contributed by atoms with E-state index in [4.69, 9.17) is 10.7 Å². The molecule has 1 saturated carbocycles. The fraction of sp³-hybridized carbons (Fsp3) is 0.477. The van der Waals surface area contributed by atoms with E-state index in [1.807, 2.05) is 0 Å². The average molecular weight is 878 g/mol. The van der Waals surface area contributed by atoms with Crippen LogP contribution >= 0.6 is 11.3 Å². The SMILES string of the molecule is CC(C)(O)c1cc2nc([C@H]3CC[C@H](CN4CCC(CCNc5cccc6c5C(=O)N(C(CCC(N)=O)C(=O)O)C6=O)CC4)CC3)sc2cc1NC(=O)c1cccc(C(F)(F)F)n1. The molecule has 0 bridgehead atoms. The number of nitrogens with one attached hydrogen (secondary N) is 2. The number of aliphatic carboxylic acids is 1. The first kappa shape index (κ1) is 44.6. The summed E-state index contributed by atoms with van der Waals surface area (Å²) in [6.45, 7) is 6.71. The number of hydrogen-bond acceptors (Lipinski definition) is 11. The van der Waals surface area contributed by atoms with Gasteiger partial charge < -0.3 is 31.5 Å². The standard InChI is InChI=1S/C44H50F3N7O7S/c1-43(2,61)28-21-32-34(22-31(28)51-38(56)30-7-4-8-35(50-30)44(45,46)47)62-39(52-32)26-11-9-25(10-12-26)23-53-19-16-24(17-20-53)15-18-49-29-6-3-5-27-37(29)41(58)54(40(27)57)33(42(59)60)13-14-36(48)55/h3-8,21-22,24-26,33,49,61H,9-20,23H2,1-2H3,(H2,48,55)(H,51,56)(H,59,60)/t25-,26-,33?. The number of rotatable bonds is 15. The molecule has 1 aliphatic carbocycles. The van der Waals surface area contributed by atoms with Crippen LogP contribution < -0.4 is 16.4 Å². The number of carboxylic acids is 1. The topological polar surface area (TPSA) is 208 Å². The lowest BCUT2D eigenvalue weighted by atomic mass is 9.81. The molecule has 4 heterocycles. The molecule has 3 aliphatic rings. The minimum absolute atomic E-state index is 0.129. The molecule has 4 aromatic rings. The zero-order valence-electron chi connectivity index (χ0n) is 34.5. The first-order chi connectivity index (χ1) is 29.4. The fourth-order valence-corrected chi connectivity index (χ4v) is 10.0. The first-order valence-electron chi connectivity index (χ1n) is 20.9. The van der Waals surface area contributed by atoms with Crippen molar-refractivity contribution in [3.63, 3.8) is 0 Å². The Morgan fingerprint density at radius 1 is 0.935 bits per heavy atom. The summed E-state index contributed by atoms with van der Waals surface area (Å²) in [6, 6.07) is 9.96. The molecule has 2 aromatic heterocycles. The Kier molecular flexibility index (Phi) is 13.0. The van der Waals surface area contributed by atoms with Gasteiger partial charge in [-0.1, -0.05) is 12.1 Å². The number of hydrogen-bond donors (Lipinski definition) is 5. The van der Waals surface area contributed by atoms with Gasteiger partial charge in [0.15, 0.2) is 0 Å². The number of halogens is 3. The van der Waals surface area contributed by atoms with Gasteiger partial charge in [0.25, 0.3) is 17.7 Å². The number of likely N-dealkylation sites (tertiary alicyclic amines) is 1. The molecule has 1 unspecified atom stereocenters. The van der Waals surface area contributed by atoms with Gasteiger partial charge in [0.1, 0.15) is 17.4 Å². The molecule has 62 heavy (non-hydrogen) atoms. The van der Waals surface area contributed by atoms with Crippen LogP contribution in [0.25, 0.3) is 10.2 Å². The number of anilines is 2. The lowest BCUT2D eigenvalue weighted by molar-refractivity contribution is -0.142. The molecular weight excluding hydrogens is 828 g/mol. The van der Waals surface area contributed by atoms with Gasteiger partial charge >= 0.3 is 12.1 Å². The molecule has 1 atom stereocenters. The number of pyridine rings is 1. The van der Waals surface area contributed by atoms with Crippen LogP contribution in [0, 0.1) is 11.8 Å². The summed E-state index contributed by atoms with van der Waals surface area (Å²) in [5, 5.41) is 27.7. The monoisotopic (exact) mass is 877 g/mol. The van der Waals surface area contributed by atoms with Crippen molar-refractivity contribution >= 4 is 62.5 Å². The highest BCUT2D eigenvalue weighted by molar-refractivity contribution is 7.18. The van der Waals surface area contributed by atoms with Crippen molar-refractivity contribution in [3.8, 4) is 0 Å². The number of nitrogens with zero attached hydrogens (tertiary/aromatic N) is 4. The van der Waals surface area contributed by atoms with Gasteiger partial charge in [0.2, 0.25) is 5.91 Å². The lowest BCUT2D eigenvalue weighted by Crippen LogP contribution is -2.45. The molecule has 6 N–H and O–H groups in total. The van der Waals surface area contributed by atoms with Gasteiger partial charge in [0, 0.05) is 42.4 Å². The molecule has 2 aromatic carbocycles. The van der Waals surface area contributed by atoms with E-state index in [1.165, 1.54) is 23.5 Å². The Balaban J connectivity index is 0.888. The van der Waals surface area contributed by atoms with Gasteiger partial charge in [-0.15, -0.1) is 11.3 Å². The molecule has 1 saturated heterocycles. The average Bonchev–Trinajstić information content (AvgIpc) is 3.75. The van der Waals surface area contributed by atoms with Crippen molar-refractivity contribution in [2.45, 2.75) is 95.4 Å². The summed E-state index contributed by atoms with van der Waals surface area (Å²) in [5.41, 5.74) is 4.35. The van der Waals surface area contributed by atoms with Crippen molar-refractivity contribution in [1.29, 1.82) is 0 Å². The van der Waals surface area contributed by atoms with Crippen LogP contribution in [-0.4, -0.2) is 91.8 Å². The zero-order valence-corrected chi connectivity index (χ0v) is 35.3. The van der Waals surface area contributed by atoms with Crippen molar-refractivity contribution < 1.29 is 47.4 Å². The van der Waals surface area contributed by atoms with Crippen LogP contribution in [0.3, 0.4) is 0 Å². The largest absolute Gasteiger partial charge is 0.480 e. The number of fused-ring (bicyclic) bond motifs is 2. The lowest BCUT2D eigenvalue weighted by Gasteiger charge is -2.36. The number of alkyl halides is 3. The maximum absolute atomic E-state index is 13.4. The number of carbonyl (C=O) groups excluding carboxylic acids is 4. The van der Waals surface area contributed by atoms with E-state index in [-0.39, 0.29) is 35.6 Å². The van der Waals surface area contributed by atoms with Crippen LogP contribution in [0.15, 0.2) is 48.5 Å². The maximum atomic E-state index is 13.4. The molecular formula is C44H50F3N7O7S. The Bertz CT molecular complexity index is 2370. The highest BCUT2D eigenvalue weighted by Crippen LogP contribution is 2.42. The Labute approximate surface area is 360 Å². The number of primary amides is 1. The minimum Gasteiger partial charge on any atom is -0.480 e. The van der Waals surface area contributed by atoms with E-state index >= 15 is 0 Å². The van der Waals surface area contributed by atoms with Gasteiger partial charge in [-0.05, 0) is 127 Å². The van der Waals surface area contributed by atoms with Crippen molar-refractivity contribution in [1.82, 2.24) is 19.8 Å². The number of thiazole rings is 1. The van der Waals surface area contributed by atoms with E-state index in [1.54, 1.807) is 38.1 Å². The summed E-state index contributed by atoms with van der Waals surface area (Å²) in [4.78, 5) is 74.6. The second-order valence-corrected chi connectivity index (χ2v) is 18.1. The van der Waals surface area contributed by atoms with Crippen LogP contribution in [0.2, 0.25) is 0 Å².